The summed E-state index contributed by atoms with van der Waals surface area (Å²) < 4.78 is 0. The topological polar surface area (TPSA) is 56.8 Å². The van der Waals surface area contributed by atoms with Gasteiger partial charge in [-0.2, -0.15) is 0 Å². The number of likely N-dealkylation sites (tertiary alicyclic amines) is 1. The molecule has 6 nitrogen and oxygen atoms in total. The van der Waals surface area contributed by atoms with E-state index in [1.54, 1.807) is 0 Å². The molecule has 1 spiro atoms. The van der Waals surface area contributed by atoms with Crippen LogP contribution in [0.2, 0.25) is 0 Å². The summed E-state index contributed by atoms with van der Waals surface area (Å²) in [5.41, 5.74) is -0.354. The quantitative estimate of drug-likeness (QED) is 0.787. The number of amides is 2. The van der Waals surface area contributed by atoms with Crippen molar-refractivity contribution in [1.82, 2.24) is 14.8 Å². The maximum Gasteiger partial charge on any atom is 0.237 e. The van der Waals surface area contributed by atoms with Crippen LogP contribution < -0.4 is 4.90 Å². The molecule has 4 rings (SSSR count). The summed E-state index contributed by atoms with van der Waals surface area (Å²) in [6.45, 7) is 3.90. The average Bonchev–Trinajstić information content (AvgIpc) is 3.17. The molecule has 3 fully saturated rings. The number of imide groups is 1. The van der Waals surface area contributed by atoms with Crippen LogP contribution in [0.15, 0.2) is 24.4 Å². The zero-order valence-electron chi connectivity index (χ0n) is 14.0. The summed E-state index contributed by atoms with van der Waals surface area (Å²) in [5, 5.41) is 0. The van der Waals surface area contributed by atoms with Gasteiger partial charge in [0.25, 0.3) is 0 Å². The first-order chi connectivity index (χ1) is 11.7. The van der Waals surface area contributed by atoms with Crippen molar-refractivity contribution in [1.29, 1.82) is 0 Å². The minimum atomic E-state index is -0.354. The highest BCUT2D eigenvalue weighted by Crippen LogP contribution is 2.46. The van der Waals surface area contributed by atoms with Crippen LogP contribution in [-0.4, -0.2) is 59.4 Å². The van der Waals surface area contributed by atoms with Crippen molar-refractivity contribution in [2.75, 3.05) is 37.7 Å². The lowest BCUT2D eigenvalue weighted by atomic mass is 9.85. The smallest absolute Gasteiger partial charge is 0.237 e. The lowest BCUT2D eigenvalue weighted by molar-refractivity contribution is -0.143. The number of rotatable bonds is 3. The number of carbonyl (C=O) groups excluding carboxylic acids is 2. The van der Waals surface area contributed by atoms with Crippen LogP contribution >= 0.6 is 0 Å². The number of carbonyl (C=O) groups is 2. The van der Waals surface area contributed by atoms with E-state index in [1.165, 1.54) is 4.90 Å². The summed E-state index contributed by atoms with van der Waals surface area (Å²) in [6, 6.07) is 5.94. The predicted molar refractivity (Wildman–Crippen MR) is 90.3 cm³/mol. The Kier molecular flexibility index (Phi) is 4.00. The Bertz CT molecular complexity index is 619. The van der Waals surface area contributed by atoms with E-state index >= 15 is 0 Å². The fraction of sp³-hybridized carbons (Fsp3) is 0.611. The Hall–Kier alpha value is -1.95. The van der Waals surface area contributed by atoms with Gasteiger partial charge in [-0.05, 0) is 25.0 Å². The molecule has 3 aliphatic rings. The summed E-state index contributed by atoms with van der Waals surface area (Å²) in [7, 11) is 0. The van der Waals surface area contributed by atoms with Crippen molar-refractivity contribution in [3.05, 3.63) is 24.4 Å². The van der Waals surface area contributed by atoms with E-state index in [0.29, 0.717) is 13.1 Å². The second kappa shape index (κ2) is 6.16. The van der Waals surface area contributed by atoms with Crippen LogP contribution in [0.1, 0.15) is 32.1 Å². The van der Waals surface area contributed by atoms with Crippen molar-refractivity contribution in [2.45, 2.75) is 32.1 Å². The minimum absolute atomic E-state index is 0.0223. The van der Waals surface area contributed by atoms with Crippen LogP contribution in [0.4, 0.5) is 5.82 Å². The summed E-state index contributed by atoms with van der Waals surface area (Å²) in [6.07, 6.45) is 6.18. The lowest BCUT2D eigenvalue weighted by Crippen LogP contribution is -2.51. The van der Waals surface area contributed by atoms with Crippen molar-refractivity contribution in [3.63, 3.8) is 0 Å². The Morgan fingerprint density at radius 2 is 1.79 bits per heavy atom. The number of hydrogen-bond acceptors (Lipinski definition) is 5. The van der Waals surface area contributed by atoms with Crippen molar-refractivity contribution in [2.24, 2.45) is 5.41 Å². The standard InChI is InChI=1S/C18H24N4O2/c23-16-13-18(6-2-3-7-18)17(24)22(16)14-20-9-11-21(12-10-20)15-5-1-4-8-19-15/h1,4-5,8H,2-3,6-7,9-14H2. The summed E-state index contributed by atoms with van der Waals surface area (Å²) in [4.78, 5) is 35.5. The second-order valence-electron chi connectivity index (χ2n) is 7.23. The first-order valence-corrected chi connectivity index (χ1v) is 8.91. The van der Waals surface area contributed by atoms with Gasteiger partial charge in [0.05, 0.1) is 12.1 Å². The SMILES string of the molecule is O=C1CC2(CCCC2)C(=O)N1CN1CCN(c2ccccn2)CC1. The Morgan fingerprint density at radius 1 is 1.04 bits per heavy atom. The monoisotopic (exact) mass is 328 g/mol. The molecule has 6 heteroatoms. The Balaban J connectivity index is 1.36. The average molecular weight is 328 g/mol. The van der Waals surface area contributed by atoms with E-state index in [-0.39, 0.29) is 17.2 Å². The van der Waals surface area contributed by atoms with E-state index in [9.17, 15) is 9.59 Å². The molecule has 0 atom stereocenters. The maximum atomic E-state index is 12.8. The third kappa shape index (κ3) is 2.69. The van der Waals surface area contributed by atoms with Gasteiger partial charge < -0.3 is 4.90 Å². The molecule has 1 saturated carbocycles. The van der Waals surface area contributed by atoms with Gasteiger partial charge in [0.15, 0.2) is 0 Å². The third-order valence-corrected chi connectivity index (χ3v) is 5.74. The molecule has 0 N–H and O–H groups in total. The number of nitrogens with zero attached hydrogens (tertiary/aromatic N) is 4. The molecular formula is C18H24N4O2. The molecule has 0 bridgehead atoms. The first-order valence-electron chi connectivity index (χ1n) is 8.91. The van der Waals surface area contributed by atoms with E-state index < -0.39 is 0 Å². The van der Waals surface area contributed by atoms with Gasteiger partial charge in [0, 0.05) is 38.8 Å². The fourth-order valence-electron chi connectivity index (χ4n) is 4.30. The Morgan fingerprint density at radius 3 is 2.46 bits per heavy atom. The number of anilines is 1. The molecule has 0 aromatic carbocycles. The highest BCUT2D eigenvalue weighted by Gasteiger charge is 2.52. The number of pyridine rings is 1. The van der Waals surface area contributed by atoms with Gasteiger partial charge >= 0.3 is 0 Å². The maximum absolute atomic E-state index is 12.8. The zero-order valence-corrected chi connectivity index (χ0v) is 14.0. The normalized spacial score (nSPS) is 24.3. The van der Waals surface area contributed by atoms with E-state index in [2.05, 4.69) is 14.8 Å². The van der Waals surface area contributed by atoms with Crippen LogP contribution in [-0.2, 0) is 9.59 Å². The minimum Gasteiger partial charge on any atom is -0.354 e. The zero-order chi connectivity index (χ0) is 16.6. The second-order valence-corrected chi connectivity index (χ2v) is 7.23. The molecule has 0 radical (unpaired) electrons. The van der Waals surface area contributed by atoms with E-state index in [1.807, 2.05) is 24.4 Å². The van der Waals surface area contributed by atoms with Crippen LogP contribution in [0.3, 0.4) is 0 Å². The molecular weight excluding hydrogens is 304 g/mol. The number of hydrogen-bond donors (Lipinski definition) is 0. The lowest BCUT2D eigenvalue weighted by Gasteiger charge is -2.37. The molecule has 3 heterocycles. The highest BCUT2D eigenvalue weighted by atomic mass is 16.2. The third-order valence-electron chi connectivity index (χ3n) is 5.74. The molecule has 24 heavy (non-hydrogen) atoms. The summed E-state index contributed by atoms with van der Waals surface area (Å²) in [5.74, 6) is 1.10. The molecule has 0 unspecified atom stereocenters. The molecule has 2 aliphatic heterocycles. The van der Waals surface area contributed by atoms with Gasteiger partial charge in [0.1, 0.15) is 5.82 Å². The fourth-order valence-corrected chi connectivity index (χ4v) is 4.30. The van der Waals surface area contributed by atoms with Crippen LogP contribution in [0.5, 0.6) is 0 Å². The predicted octanol–water partition coefficient (Wildman–Crippen LogP) is 1.48. The molecule has 2 saturated heterocycles. The Labute approximate surface area is 142 Å². The van der Waals surface area contributed by atoms with E-state index in [4.69, 9.17) is 0 Å². The van der Waals surface area contributed by atoms with E-state index in [0.717, 1.165) is 57.7 Å². The highest BCUT2D eigenvalue weighted by molar-refractivity contribution is 6.06. The number of piperazine rings is 1. The number of aromatic nitrogens is 1. The van der Waals surface area contributed by atoms with Gasteiger partial charge in [-0.15, -0.1) is 0 Å². The van der Waals surface area contributed by atoms with Gasteiger partial charge in [-0.1, -0.05) is 18.9 Å². The van der Waals surface area contributed by atoms with Gasteiger partial charge in [-0.25, -0.2) is 4.98 Å². The van der Waals surface area contributed by atoms with Crippen LogP contribution in [0.25, 0.3) is 0 Å². The molecule has 1 aromatic heterocycles. The molecule has 1 aromatic rings. The summed E-state index contributed by atoms with van der Waals surface area (Å²) >= 11 is 0. The molecule has 128 valence electrons. The molecule has 1 aliphatic carbocycles. The van der Waals surface area contributed by atoms with Gasteiger partial charge in [-0.3, -0.25) is 19.4 Å². The first kappa shape index (κ1) is 15.6. The largest absolute Gasteiger partial charge is 0.354 e. The van der Waals surface area contributed by atoms with Crippen molar-refractivity contribution in [3.8, 4) is 0 Å². The molecule has 2 amide bonds. The van der Waals surface area contributed by atoms with Crippen LogP contribution in [0, 0.1) is 5.41 Å². The van der Waals surface area contributed by atoms with Crippen molar-refractivity contribution >= 4 is 17.6 Å². The van der Waals surface area contributed by atoms with Gasteiger partial charge in [0.2, 0.25) is 11.8 Å². The van der Waals surface area contributed by atoms with Crippen molar-refractivity contribution < 1.29 is 9.59 Å².